The molecule has 0 spiro atoms. The third-order valence-electron chi connectivity index (χ3n) is 2.73. The van der Waals surface area contributed by atoms with Gasteiger partial charge in [-0.05, 0) is 12.1 Å². The lowest BCUT2D eigenvalue weighted by atomic mass is 10.1. The molecule has 0 fully saturated rings. The number of fused-ring (bicyclic) bond motifs is 1. The molecule has 104 valence electrons. The summed E-state index contributed by atoms with van der Waals surface area (Å²) in [7, 11) is -2.40. The summed E-state index contributed by atoms with van der Waals surface area (Å²) in [5.41, 5.74) is -0.270. The van der Waals surface area contributed by atoms with Crippen molar-refractivity contribution in [2.24, 2.45) is 0 Å². The van der Waals surface area contributed by atoms with Crippen LogP contribution in [0.15, 0.2) is 12.1 Å². The molecule has 0 amide bonds. The zero-order valence-electron chi connectivity index (χ0n) is 10.0. The van der Waals surface area contributed by atoms with Crippen LogP contribution < -0.4 is 4.31 Å². The van der Waals surface area contributed by atoms with E-state index < -0.39 is 27.4 Å². The molecule has 0 radical (unpaired) electrons. The molecule has 2 rings (SSSR count). The van der Waals surface area contributed by atoms with Gasteiger partial charge in [-0.15, -0.1) is 0 Å². The number of rotatable bonds is 3. The minimum atomic E-state index is -3.81. The van der Waals surface area contributed by atoms with Crippen molar-refractivity contribution in [2.75, 3.05) is 30.3 Å². The fourth-order valence-corrected chi connectivity index (χ4v) is 3.56. The molecule has 0 bridgehead atoms. The third kappa shape index (κ3) is 2.58. The van der Waals surface area contributed by atoms with Crippen LogP contribution in [-0.2, 0) is 14.8 Å². The average molecular weight is 308 g/mol. The lowest BCUT2D eigenvalue weighted by Gasteiger charge is -2.29. The van der Waals surface area contributed by atoms with E-state index in [-0.39, 0.29) is 29.4 Å². The van der Waals surface area contributed by atoms with Gasteiger partial charge in [-0.2, -0.15) is 0 Å². The van der Waals surface area contributed by atoms with Crippen LogP contribution in [0.5, 0.6) is 0 Å². The van der Waals surface area contributed by atoms with Gasteiger partial charge in [0.15, 0.2) is 5.78 Å². The number of halogens is 2. The Kier molecular flexibility index (Phi) is 3.80. The minimum Gasteiger partial charge on any atom is -0.383 e. The second-order valence-electron chi connectivity index (χ2n) is 4.03. The fraction of sp³-hybridized carbons (Fsp3) is 0.364. The smallest absolute Gasteiger partial charge is 0.242 e. The number of carbonyl (C=O) groups excluding carboxylic acids is 1. The molecule has 1 aromatic rings. The maximum atomic E-state index is 13.8. The highest BCUT2D eigenvalue weighted by molar-refractivity contribution is 7.93. The first-order valence-electron chi connectivity index (χ1n) is 5.38. The van der Waals surface area contributed by atoms with E-state index >= 15 is 0 Å². The number of carbonyl (C=O) groups is 1. The Bertz CT molecular complexity index is 632. The van der Waals surface area contributed by atoms with Crippen LogP contribution in [0.4, 0.5) is 10.1 Å². The van der Waals surface area contributed by atoms with E-state index in [2.05, 4.69) is 0 Å². The quantitative estimate of drug-likeness (QED) is 0.848. The average Bonchev–Trinajstić information content (AvgIpc) is 2.25. The van der Waals surface area contributed by atoms with Crippen molar-refractivity contribution < 1.29 is 22.3 Å². The molecule has 0 saturated carbocycles. The third-order valence-corrected chi connectivity index (χ3v) is 4.63. The zero-order valence-corrected chi connectivity index (χ0v) is 11.6. The Labute approximate surface area is 115 Å². The van der Waals surface area contributed by atoms with Gasteiger partial charge in [0.25, 0.3) is 0 Å². The van der Waals surface area contributed by atoms with Crippen LogP contribution in [0.25, 0.3) is 0 Å². The molecule has 0 aromatic heterocycles. The second-order valence-corrected chi connectivity index (χ2v) is 6.36. The van der Waals surface area contributed by atoms with Crippen molar-refractivity contribution in [3.63, 3.8) is 0 Å². The first kappa shape index (κ1) is 14.2. The fourth-order valence-electron chi connectivity index (χ4n) is 1.93. The Balaban J connectivity index is 2.61. The van der Waals surface area contributed by atoms with E-state index in [1.165, 1.54) is 13.2 Å². The largest absolute Gasteiger partial charge is 0.383 e. The molecular formula is C11H11ClFNO4S. The summed E-state index contributed by atoms with van der Waals surface area (Å²) in [6.45, 7) is 0.125. The summed E-state index contributed by atoms with van der Waals surface area (Å²) in [5, 5.41) is 0.0311. The number of benzene rings is 1. The minimum absolute atomic E-state index is 0.00110. The zero-order chi connectivity index (χ0) is 14.2. The topological polar surface area (TPSA) is 63.7 Å². The van der Waals surface area contributed by atoms with E-state index in [1.807, 2.05) is 0 Å². The summed E-state index contributed by atoms with van der Waals surface area (Å²) in [4.78, 5) is 11.7. The molecular weight excluding hydrogens is 297 g/mol. The molecule has 0 aliphatic carbocycles. The lowest BCUT2D eigenvalue weighted by molar-refractivity contribution is 0.101. The van der Waals surface area contributed by atoms with Crippen molar-refractivity contribution in [3.05, 3.63) is 28.5 Å². The van der Waals surface area contributed by atoms with Gasteiger partial charge < -0.3 is 4.74 Å². The molecule has 1 heterocycles. The van der Waals surface area contributed by atoms with Crippen LogP contribution in [0.1, 0.15) is 10.4 Å². The van der Waals surface area contributed by atoms with Gasteiger partial charge in [-0.3, -0.25) is 9.10 Å². The molecule has 0 atom stereocenters. The van der Waals surface area contributed by atoms with E-state index in [0.717, 1.165) is 10.4 Å². The number of hydrogen-bond acceptors (Lipinski definition) is 4. The highest BCUT2D eigenvalue weighted by Gasteiger charge is 2.36. The predicted molar refractivity (Wildman–Crippen MR) is 68.7 cm³/mol. The number of hydrogen-bond donors (Lipinski definition) is 0. The second kappa shape index (κ2) is 5.07. The molecule has 0 saturated heterocycles. The molecule has 1 aliphatic rings. The number of ether oxygens (including phenoxy) is 1. The SMILES string of the molecule is COCCN1c2cc(Cl)cc(F)c2C(=O)CS1(=O)=O. The standard InChI is InChI=1S/C11H11ClFNO4S/c1-18-3-2-14-9-5-7(12)4-8(13)11(9)10(15)6-19(14,16)17/h4-5H,2-3,6H2,1H3. The highest BCUT2D eigenvalue weighted by Crippen LogP contribution is 2.33. The normalized spacial score (nSPS) is 17.4. The van der Waals surface area contributed by atoms with Gasteiger partial charge >= 0.3 is 0 Å². The van der Waals surface area contributed by atoms with Crippen LogP contribution in [0.2, 0.25) is 5.02 Å². The number of anilines is 1. The lowest BCUT2D eigenvalue weighted by Crippen LogP contribution is -2.42. The van der Waals surface area contributed by atoms with E-state index in [4.69, 9.17) is 16.3 Å². The van der Waals surface area contributed by atoms with Gasteiger partial charge in [0, 0.05) is 12.1 Å². The molecule has 19 heavy (non-hydrogen) atoms. The maximum Gasteiger partial charge on any atom is 0.242 e. The molecule has 0 unspecified atom stereocenters. The Hall–Kier alpha value is -1.18. The van der Waals surface area contributed by atoms with Crippen molar-refractivity contribution >= 4 is 33.1 Å². The van der Waals surface area contributed by atoms with E-state index in [1.54, 1.807) is 0 Å². The van der Waals surface area contributed by atoms with Crippen molar-refractivity contribution in [1.29, 1.82) is 0 Å². The summed E-state index contributed by atoms with van der Waals surface area (Å²) < 4.78 is 43.5. The monoisotopic (exact) mass is 307 g/mol. The molecule has 1 aromatic carbocycles. The van der Waals surface area contributed by atoms with E-state index in [0.29, 0.717) is 0 Å². The number of ketones is 1. The van der Waals surface area contributed by atoms with E-state index in [9.17, 15) is 17.6 Å². The predicted octanol–water partition coefficient (Wildman–Crippen LogP) is 1.46. The maximum absolute atomic E-state index is 13.8. The van der Waals surface area contributed by atoms with Crippen LogP contribution in [-0.4, -0.2) is 40.2 Å². The van der Waals surface area contributed by atoms with Crippen LogP contribution >= 0.6 is 11.6 Å². The van der Waals surface area contributed by atoms with Gasteiger partial charge in [0.05, 0.1) is 24.4 Å². The number of methoxy groups -OCH3 is 1. The summed E-state index contributed by atoms with van der Waals surface area (Å²) in [6.07, 6.45) is 0. The molecule has 1 aliphatic heterocycles. The van der Waals surface area contributed by atoms with Gasteiger partial charge in [0.1, 0.15) is 11.6 Å². The molecule has 8 heteroatoms. The van der Waals surface area contributed by atoms with Gasteiger partial charge in [-0.25, -0.2) is 12.8 Å². The van der Waals surface area contributed by atoms with Gasteiger partial charge in [-0.1, -0.05) is 11.6 Å². The number of sulfonamides is 1. The molecule has 5 nitrogen and oxygen atoms in total. The first-order chi connectivity index (χ1) is 8.86. The van der Waals surface area contributed by atoms with Gasteiger partial charge in [0.2, 0.25) is 10.0 Å². The summed E-state index contributed by atoms with van der Waals surface area (Å²) in [6, 6.07) is 2.26. The number of nitrogens with zero attached hydrogens (tertiary/aromatic N) is 1. The Morgan fingerprint density at radius 1 is 1.47 bits per heavy atom. The summed E-state index contributed by atoms with van der Waals surface area (Å²) >= 11 is 5.72. The first-order valence-corrected chi connectivity index (χ1v) is 7.37. The Morgan fingerprint density at radius 3 is 2.79 bits per heavy atom. The van der Waals surface area contributed by atoms with Crippen molar-refractivity contribution in [1.82, 2.24) is 0 Å². The molecule has 0 N–H and O–H groups in total. The van der Waals surface area contributed by atoms with Crippen LogP contribution in [0.3, 0.4) is 0 Å². The Morgan fingerprint density at radius 2 is 2.16 bits per heavy atom. The van der Waals surface area contributed by atoms with Crippen molar-refractivity contribution in [3.8, 4) is 0 Å². The van der Waals surface area contributed by atoms with Crippen molar-refractivity contribution in [2.45, 2.75) is 0 Å². The van der Waals surface area contributed by atoms with Crippen LogP contribution in [0, 0.1) is 5.82 Å². The summed E-state index contributed by atoms with van der Waals surface area (Å²) in [5.74, 6) is -2.33. The number of Topliss-reactive ketones (excluding diaryl/α,β-unsaturated/α-hetero) is 1. The highest BCUT2D eigenvalue weighted by atomic mass is 35.5.